The van der Waals surface area contributed by atoms with Gasteiger partial charge in [0.15, 0.2) is 0 Å². The molecule has 0 bridgehead atoms. The third kappa shape index (κ3) is 3.77. The lowest BCUT2D eigenvalue weighted by atomic mass is 9.65. The van der Waals surface area contributed by atoms with E-state index in [9.17, 15) is 5.26 Å². The minimum Gasteiger partial charge on any atom is -0.457 e. The molecule has 0 aromatic heterocycles. The minimum atomic E-state index is -0.574. The summed E-state index contributed by atoms with van der Waals surface area (Å²) < 4.78 is 19.9. The van der Waals surface area contributed by atoms with Crippen LogP contribution in [0.5, 0.6) is 11.5 Å². The van der Waals surface area contributed by atoms with E-state index in [1.165, 1.54) is 22.3 Å². The first-order valence-electron chi connectivity index (χ1n) is 16.2. The van der Waals surface area contributed by atoms with Crippen LogP contribution in [-0.2, 0) is 14.7 Å². The number of nitrogens with zero attached hydrogens (tertiary/aromatic N) is 1. The third-order valence-electron chi connectivity index (χ3n) is 10.8. The Kier molecular flexibility index (Phi) is 5.79. The van der Waals surface area contributed by atoms with E-state index in [0.29, 0.717) is 5.56 Å². The molecule has 3 aliphatic rings. The highest BCUT2D eigenvalue weighted by Gasteiger charge is 2.54. The van der Waals surface area contributed by atoms with Crippen molar-refractivity contribution in [3.8, 4) is 39.8 Å². The Balaban J connectivity index is 1.29. The van der Waals surface area contributed by atoms with Gasteiger partial charge in [0.2, 0.25) is 0 Å². The van der Waals surface area contributed by atoms with Crippen molar-refractivity contribution in [2.75, 3.05) is 0 Å². The minimum absolute atomic E-state index is 0.454. The van der Waals surface area contributed by atoms with E-state index in [1.807, 2.05) is 30.3 Å². The van der Waals surface area contributed by atoms with Crippen molar-refractivity contribution in [2.45, 2.75) is 44.3 Å². The lowest BCUT2D eigenvalue weighted by Crippen LogP contribution is -2.41. The first-order valence-corrected chi connectivity index (χ1v) is 16.2. The van der Waals surface area contributed by atoms with Crippen LogP contribution in [0, 0.1) is 11.3 Å². The SMILES string of the molecule is CC1(C)OB(c2ccc3c(c2)Oc2cc(-c4ccc(C#N)c5ccccc45)ccc2C32c3ccccc3-c3ccccc32)OC1(C)C. The molecule has 6 aromatic carbocycles. The fourth-order valence-corrected chi connectivity index (χ4v) is 7.87. The Bertz CT molecular complexity index is 2270. The summed E-state index contributed by atoms with van der Waals surface area (Å²) in [6, 6.07) is 45.0. The summed E-state index contributed by atoms with van der Waals surface area (Å²) in [6.07, 6.45) is 0. The van der Waals surface area contributed by atoms with Crippen molar-refractivity contribution < 1.29 is 14.0 Å². The number of hydrogen-bond acceptors (Lipinski definition) is 4. The molecule has 1 aliphatic carbocycles. The van der Waals surface area contributed by atoms with Crippen molar-refractivity contribution in [3.63, 3.8) is 0 Å². The van der Waals surface area contributed by atoms with Crippen molar-refractivity contribution in [2.24, 2.45) is 0 Å². The van der Waals surface area contributed by atoms with Gasteiger partial charge < -0.3 is 14.0 Å². The van der Waals surface area contributed by atoms with Crippen molar-refractivity contribution in [1.29, 1.82) is 5.26 Å². The van der Waals surface area contributed by atoms with Crippen LogP contribution in [0.1, 0.15) is 55.5 Å². The number of nitriles is 1. The smallest absolute Gasteiger partial charge is 0.457 e. The summed E-state index contributed by atoms with van der Waals surface area (Å²) in [4.78, 5) is 0. The molecule has 0 atom stereocenters. The van der Waals surface area contributed by atoms with E-state index >= 15 is 0 Å². The van der Waals surface area contributed by atoms with Gasteiger partial charge in [-0.2, -0.15) is 5.26 Å². The molecule has 4 nitrogen and oxygen atoms in total. The monoisotopic (exact) mass is 609 g/mol. The Labute approximate surface area is 275 Å². The topological polar surface area (TPSA) is 51.5 Å². The molecule has 1 saturated heterocycles. The van der Waals surface area contributed by atoms with Crippen LogP contribution in [-0.4, -0.2) is 18.3 Å². The van der Waals surface area contributed by atoms with Gasteiger partial charge >= 0.3 is 7.12 Å². The summed E-state index contributed by atoms with van der Waals surface area (Å²) in [5.41, 5.74) is 9.36. The average Bonchev–Trinajstić information content (AvgIpc) is 3.50. The van der Waals surface area contributed by atoms with Crippen molar-refractivity contribution in [3.05, 3.63) is 149 Å². The molecule has 2 aliphatic heterocycles. The predicted molar refractivity (Wildman–Crippen MR) is 187 cm³/mol. The Hall–Kier alpha value is -5.15. The summed E-state index contributed by atoms with van der Waals surface area (Å²) in [5.74, 6) is 1.60. The molecule has 0 N–H and O–H groups in total. The van der Waals surface area contributed by atoms with E-state index in [1.54, 1.807) is 0 Å². The van der Waals surface area contributed by atoms with Crippen LogP contribution in [0.25, 0.3) is 33.0 Å². The normalized spacial score (nSPS) is 17.4. The van der Waals surface area contributed by atoms with Gasteiger partial charge in [-0.15, -0.1) is 0 Å². The highest BCUT2D eigenvalue weighted by molar-refractivity contribution is 6.62. The Morgan fingerprint density at radius 1 is 0.553 bits per heavy atom. The lowest BCUT2D eigenvalue weighted by Gasteiger charge is -2.39. The van der Waals surface area contributed by atoms with Crippen LogP contribution < -0.4 is 10.2 Å². The molecule has 1 spiro atoms. The van der Waals surface area contributed by atoms with Crippen molar-refractivity contribution in [1.82, 2.24) is 0 Å². The first kappa shape index (κ1) is 28.1. The van der Waals surface area contributed by atoms with Crippen LogP contribution in [0.15, 0.2) is 121 Å². The third-order valence-corrected chi connectivity index (χ3v) is 10.8. The van der Waals surface area contributed by atoms with Crippen LogP contribution in [0.4, 0.5) is 0 Å². The molecular weight excluding hydrogens is 577 g/mol. The molecule has 0 saturated carbocycles. The predicted octanol–water partition coefficient (Wildman–Crippen LogP) is 9.15. The number of benzene rings is 6. The fraction of sp³-hybridized carbons (Fsp3) is 0.167. The highest BCUT2D eigenvalue weighted by Crippen LogP contribution is 2.62. The number of ether oxygens (including phenoxy) is 1. The molecule has 5 heteroatoms. The molecule has 0 amide bonds. The molecule has 47 heavy (non-hydrogen) atoms. The van der Waals surface area contributed by atoms with Crippen molar-refractivity contribution >= 4 is 23.4 Å². The summed E-state index contributed by atoms with van der Waals surface area (Å²) in [7, 11) is -0.509. The molecule has 2 heterocycles. The fourth-order valence-electron chi connectivity index (χ4n) is 7.87. The Morgan fingerprint density at radius 2 is 1.13 bits per heavy atom. The quantitative estimate of drug-likeness (QED) is 0.184. The van der Waals surface area contributed by atoms with E-state index in [4.69, 9.17) is 14.0 Å². The van der Waals surface area contributed by atoms with Gasteiger partial charge in [-0.05, 0) is 90.1 Å². The van der Waals surface area contributed by atoms with E-state index < -0.39 is 23.7 Å². The summed E-state index contributed by atoms with van der Waals surface area (Å²) in [6.45, 7) is 8.31. The second-order valence-electron chi connectivity index (χ2n) is 13.8. The molecule has 226 valence electrons. The van der Waals surface area contributed by atoms with E-state index in [-0.39, 0.29) is 0 Å². The summed E-state index contributed by atoms with van der Waals surface area (Å²) in [5, 5.41) is 11.8. The lowest BCUT2D eigenvalue weighted by molar-refractivity contribution is 0.00578. The van der Waals surface area contributed by atoms with Gasteiger partial charge in [-0.3, -0.25) is 0 Å². The molecular formula is C42H32BNO3. The van der Waals surface area contributed by atoms with Crippen LogP contribution >= 0.6 is 0 Å². The zero-order valence-electron chi connectivity index (χ0n) is 26.8. The van der Waals surface area contributed by atoms with E-state index in [2.05, 4.69) is 125 Å². The molecule has 0 radical (unpaired) electrons. The van der Waals surface area contributed by atoms with Gasteiger partial charge in [0.25, 0.3) is 0 Å². The van der Waals surface area contributed by atoms with Gasteiger partial charge in [-0.1, -0.05) is 103 Å². The molecule has 6 aromatic rings. The molecule has 9 rings (SSSR count). The molecule has 1 fully saturated rings. The largest absolute Gasteiger partial charge is 0.494 e. The standard InChI is InChI=1S/C42H32BNO3/c1-40(2)41(3,4)47-43(46-40)28-19-22-37-39(24-28)45-38-23-26(30-20-17-27(25-44)29-11-5-6-12-31(29)30)18-21-36(38)42(37)34-15-9-7-13-32(34)33-14-8-10-16-35(33)42/h5-24H,1-4H3. The average molecular weight is 610 g/mol. The van der Waals surface area contributed by atoms with Gasteiger partial charge in [-0.25, -0.2) is 0 Å². The second-order valence-corrected chi connectivity index (χ2v) is 13.8. The maximum atomic E-state index is 9.80. The zero-order chi connectivity index (χ0) is 32.1. The zero-order valence-corrected chi connectivity index (χ0v) is 26.8. The number of fused-ring (bicyclic) bond motifs is 10. The maximum Gasteiger partial charge on any atom is 0.494 e. The first-order chi connectivity index (χ1) is 22.7. The van der Waals surface area contributed by atoms with E-state index in [0.717, 1.165) is 50.0 Å². The number of rotatable bonds is 2. The molecule has 0 unspecified atom stereocenters. The summed E-state index contributed by atoms with van der Waals surface area (Å²) >= 11 is 0. The Morgan fingerprint density at radius 3 is 1.79 bits per heavy atom. The van der Waals surface area contributed by atoms with Crippen LogP contribution in [0.3, 0.4) is 0 Å². The van der Waals surface area contributed by atoms with Gasteiger partial charge in [0.1, 0.15) is 11.5 Å². The maximum absolute atomic E-state index is 9.80. The second kappa shape index (κ2) is 9.69. The van der Waals surface area contributed by atoms with Crippen LogP contribution in [0.2, 0.25) is 0 Å². The van der Waals surface area contributed by atoms with Gasteiger partial charge in [0.05, 0.1) is 28.2 Å². The van der Waals surface area contributed by atoms with Gasteiger partial charge in [0, 0.05) is 16.5 Å². The number of hydrogen-bond donors (Lipinski definition) is 0. The highest BCUT2D eigenvalue weighted by atomic mass is 16.7.